The minimum atomic E-state index is -0.0198. The molecule has 0 atom stereocenters. The SMILES string of the molecule is Cc1c(Cl)cccc1Nc1ncc(C(=O)N2CCN(C)CC2)cn1. The summed E-state index contributed by atoms with van der Waals surface area (Å²) in [6.07, 6.45) is 3.13. The van der Waals surface area contributed by atoms with E-state index in [2.05, 4.69) is 27.2 Å². The summed E-state index contributed by atoms with van der Waals surface area (Å²) in [6.45, 7) is 5.17. The zero-order valence-corrected chi connectivity index (χ0v) is 14.5. The average Bonchev–Trinajstić information content (AvgIpc) is 2.60. The highest BCUT2D eigenvalue weighted by Gasteiger charge is 2.20. The summed E-state index contributed by atoms with van der Waals surface area (Å²) in [6, 6.07) is 5.61. The van der Waals surface area contributed by atoms with Gasteiger partial charge in [-0.3, -0.25) is 4.79 Å². The molecule has 1 aromatic carbocycles. The summed E-state index contributed by atoms with van der Waals surface area (Å²) in [4.78, 5) is 25.0. The molecular weight excluding hydrogens is 326 g/mol. The smallest absolute Gasteiger partial charge is 0.257 e. The second-order valence-electron chi connectivity index (χ2n) is 5.93. The third kappa shape index (κ3) is 3.66. The minimum absolute atomic E-state index is 0.0198. The number of hydrogen-bond donors (Lipinski definition) is 1. The van der Waals surface area contributed by atoms with E-state index in [-0.39, 0.29) is 5.91 Å². The first-order valence-corrected chi connectivity index (χ1v) is 8.24. The Morgan fingerprint density at radius 3 is 2.50 bits per heavy atom. The molecule has 24 heavy (non-hydrogen) atoms. The molecule has 126 valence electrons. The number of likely N-dealkylation sites (N-methyl/N-ethyl adjacent to an activating group) is 1. The molecule has 0 spiro atoms. The molecule has 1 aromatic heterocycles. The van der Waals surface area contributed by atoms with Crippen LogP contribution in [0.3, 0.4) is 0 Å². The zero-order chi connectivity index (χ0) is 17.1. The van der Waals surface area contributed by atoms with E-state index in [1.165, 1.54) is 0 Å². The molecule has 1 aliphatic rings. The van der Waals surface area contributed by atoms with E-state index in [0.717, 1.165) is 37.4 Å². The van der Waals surface area contributed by atoms with Crippen LogP contribution in [0.4, 0.5) is 11.6 Å². The maximum atomic E-state index is 12.5. The van der Waals surface area contributed by atoms with Gasteiger partial charge in [-0.1, -0.05) is 17.7 Å². The molecule has 6 nitrogen and oxygen atoms in total. The fourth-order valence-corrected chi connectivity index (χ4v) is 2.73. The molecule has 1 aliphatic heterocycles. The van der Waals surface area contributed by atoms with E-state index >= 15 is 0 Å². The van der Waals surface area contributed by atoms with Crippen molar-refractivity contribution >= 4 is 29.1 Å². The second-order valence-corrected chi connectivity index (χ2v) is 6.34. The first kappa shape index (κ1) is 16.7. The summed E-state index contributed by atoms with van der Waals surface area (Å²) >= 11 is 6.11. The molecule has 7 heteroatoms. The number of piperazine rings is 1. The summed E-state index contributed by atoms with van der Waals surface area (Å²) in [7, 11) is 2.06. The van der Waals surface area contributed by atoms with Gasteiger partial charge < -0.3 is 15.1 Å². The van der Waals surface area contributed by atoms with Crippen LogP contribution in [-0.2, 0) is 0 Å². The number of carbonyl (C=O) groups is 1. The van der Waals surface area contributed by atoms with Crippen molar-refractivity contribution in [3.63, 3.8) is 0 Å². The van der Waals surface area contributed by atoms with Gasteiger partial charge in [0.25, 0.3) is 5.91 Å². The first-order chi connectivity index (χ1) is 11.5. The second kappa shape index (κ2) is 7.15. The standard InChI is InChI=1S/C17H20ClN5O/c1-12-14(18)4-3-5-15(12)21-17-19-10-13(11-20-17)16(24)23-8-6-22(2)7-9-23/h3-5,10-11H,6-9H2,1-2H3,(H,19,20,21). The number of aromatic nitrogens is 2. The van der Waals surface area contributed by atoms with E-state index in [1.807, 2.05) is 30.0 Å². The van der Waals surface area contributed by atoms with Crippen molar-refractivity contribution in [3.05, 3.63) is 46.7 Å². The van der Waals surface area contributed by atoms with E-state index in [4.69, 9.17) is 11.6 Å². The Bertz CT molecular complexity index is 726. The number of amides is 1. The van der Waals surface area contributed by atoms with Crippen LogP contribution in [-0.4, -0.2) is 58.9 Å². The van der Waals surface area contributed by atoms with Crippen molar-refractivity contribution in [2.45, 2.75) is 6.92 Å². The van der Waals surface area contributed by atoms with E-state index in [9.17, 15) is 4.79 Å². The third-order valence-corrected chi connectivity index (χ3v) is 4.61. The predicted molar refractivity (Wildman–Crippen MR) is 94.9 cm³/mol. The highest BCUT2D eigenvalue weighted by Crippen LogP contribution is 2.24. The van der Waals surface area contributed by atoms with Crippen molar-refractivity contribution in [3.8, 4) is 0 Å². The van der Waals surface area contributed by atoms with Crippen LogP contribution >= 0.6 is 11.6 Å². The molecule has 1 N–H and O–H groups in total. The van der Waals surface area contributed by atoms with Gasteiger partial charge in [-0.2, -0.15) is 0 Å². The summed E-state index contributed by atoms with van der Waals surface area (Å²) < 4.78 is 0. The van der Waals surface area contributed by atoms with Crippen molar-refractivity contribution < 1.29 is 4.79 Å². The van der Waals surface area contributed by atoms with Crippen LogP contribution in [0.1, 0.15) is 15.9 Å². The topological polar surface area (TPSA) is 61.4 Å². The Balaban J connectivity index is 1.69. The number of nitrogens with one attached hydrogen (secondary N) is 1. The van der Waals surface area contributed by atoms with Crippen LogP contribution < -0.4 is 5.32 Å². The van der Waals surface area contributed by atoms with Crippen LogP contribution in [0.2, 0.25) is 5.02 Å². The lowest BCUT2D eigenvalue weighted by Gasteiger charge is -2.32. The zero-order valence-electron chi connectivity index (χ0n) is 13.8. The van der Waals surface area contributed by atoms with Gasteiger partial charge in [0.2, 0.25) is 5.95 Å². The maximum Gasteiger partial charge on any atom is 0.257 e. The highest BCUT2D eigenvalue weighted by molar-refractivity contribution is 6.31. The van der Waals surface area contributed by atoms with Crippen LogP contribution in [0.5, 0.6) is 0 Å². The first-order valence-electron chi connectivity index (χ1n) is 7.86. The van der Waals surface area contributed by atoms with Crippen molar-refractivity contribution in [2.24, 2.45) is 0 Å². The van der Waals surface area contributed by atoms with Gasteiger partial charge in [0.1, 0.15) is 0 Å². The number of halogens is 1. The number of anilines is 2. The molecule has 1 fully saturated rings. The van der Waals surface area contributed by atoms with Gasteiger partial charge in [0.05, 0.1) is 5.56 Å². The van der Waals surface area contributed by atoms with Crippen LogP contribution in [0, 0.1) is 6.92 Å². The normalized spacial score (nSPS) is 15.4. The number of benzene rings is 1. The summed E-state index contributed by atoms with van der Waals surface area (Å²) in [5.74, 6) is 0.420. The van der Waals surface area contributed by atoms with Crippen molar-refractivity contribution in [2.75, 3.05) is 38.5 Å². The number of hydrogen-bond acceptors (Lipinski definition) is 5. The Hall–Kier alpha value is -2.18. The largest absolute Gasteiger partial charge is 0.336 e. The van der Waals surface area contributed by atoms with Gasteiger partial charge >= 0.3 is 0 Å². The molecule has 0 radical (unpaired) electrons. The number of rotatable bonds is 3. The molecule has 3 rings (SSSR count). The number of nitrogens with zero attached hydrogens (tertiary/aromatic N) is 4. The van der Waals surface area contributed by atoms with Gasteiger partial charge in [0, 0.05) is 49.3 Å². The molecule has 0 unspecified atom stereocenters. The monoisotopic (exact) mass is 345 g/mol. The minimum Gasteiger partial charge on any atom is -0.336 e. The lowest BCUT2D eigenvalue weighted by Crippen LogP contribution is -2.47. The maximum absolute atomic E-state index is 12.5. The molecular formula is C17H20ClN5O. The molecule has 0 saturated carbocycles. The van der Waals surface area contributed by atoms with Gasteiger partial charge in [-0.25, -0.2) is 9.97 Å². The van der Waals surface area contributed by atoms with Crippen molar-refractivity contribution in [1.29, 1.82) is 0 Å². The van der Waals surface area contributed by atoms with Crippen LogP contribution in [0.25, 0.3) is 0 Å². The quantitative estimate of drug-likeness (QED) is 0.926. The Morgan fingerprint density at radius 2 is 1.83 bits per heavy atom. The van der Waals surface area contributed by atoms with Gasteiger partial charge in [-0.05, 0) is 31.7 Å². The predicted octanol–water partition coefficient (Wildman–Crippen LogP) is 2.57. The Morgan fingerprint density at radius 1 is 1.17 bits per heavy atom. The fourth-order valence-electron chi connectivity index (χ4n) is 2.56. The fraction of sp³-hybridized carbons (Fsp3) is 0.353. The Kier molecular flexibility index (Phi) is 4.97. The lowest BCUT2D eigenvalue weighted by molar-refractivity contribution is 0.0663. The molecule has 2 aromatic rings. The van der Waals surface area contributed by atoms with E-state index in [1.54, 1.807) is 12.4 Å². The Labute approximate surface area is 146 Å². The van der Waals surface area contributed by atoms with Gasteiger partial charge in [-0.15, -0.1) is 0 Å². The highest BCUT2D eigenvalue weighted by atomic mass is 35.5. The summed E-state index contributed by atoms with van der Waals surface area (Å²) in [5.41, 5.74) is 2.29. The van der Waals surface area contributed by atoms with E-state index in [0.29, 0.717) is 16.5 Å². The molecule has 1 amide bonds. The third-order valence-electron chi connectivity index (χ3n) is 4.20. The molecule has 2 heterocycles. The number of carbonyl (C=O) groups excluding carboxylic acids is 1. The molecule has 0 aliphatic carbocycles. The van der Waals surface area contributed by atoms with Gasteiger partial charge in [0.15, 0.2) is 0 Å². The molecule has 1 saturated heterocycles. The average molecular weight is 346 g/mol. The lowest BCUT2D eigenvalue weighted by atomic mass is 10.2. The van der Waals surface area contributed by atoms with Crippen molar-refractivity contribution in [1.82, 2.24) is 19.8 Å². The van der Waals surface area contributed by atoms with E-state index < -0.39 is 0 Å². The van der Waals surface area contributed by atoms with Crippen LogP contribution in [0.15, 0.2) is 30.6 Å². The molecule has 0 bridgehead atoms. The summed E-state index contributed by atoms with van der Waals surface area (Å²) in [5, 5.41) is 3.81.